The van der Waals surface area contributed by atoms with E-state index in [0.29, 0.717) is 0 Å². The lowest BCUT2D eigenvalue weighted by molar-refractivity contribution is 1.28. The third kappa shape index (κ3) is 4.68. The Hall–Kier alpha value is -4.88. The summed E-state index contributed by atoms with van der Waals surface area (Å²) in [7, 11) is 0. The first-order valence-electron chi connectivity index (χ1n) is 12.6. The maximum absolute atomic E-state index is 2.40. The molecule has 0 saturated heterocycles. The van der Waals surface area contributed by atoms with Gasteiger partial charge in [-0.3, -0.25) is 0 Å². The summed E-state index contributed by atoms with van der Waals surface area (Å²) in [6, 6.07) is 58.0. The van der Waals surface area contributed by atoms with Crippen molar-refractivity contribution in [3.8, 4) is 33.4 Å². The van der Waals surface area contributed by atoms with Crippen LogP contribution in [0.15, 0.2) is 164 Å². The Labute approximate surface area is 218 Å². The topological polar surface area (TPSA) is 3.24 Å². The maximum Gasteiger partial charge on any atom is 0.0540 e. The molecular formula is C36H27N. The summed E-state index contributed by atoms with van der Waals surface area (Å²) in [5.41, 5.74) is 10.6. The number of nitrogens with zero attached hydrogens (tertiary/aromatic N) is 1. The van der Waals surface area contributed by atoms with E-state index < -0.39 is 0 Å². The summed E-state index contributed by atoms with van der Waals surface area (Å²) < 4.78 is 0. The van der Waals surface area contributed by atoms with Gasteiger partial charge in [-0.2, -0.15) is 0 Å². The van der Waals surface area contributed by atoms with E-state index in [4.69, 9.17) is 0 Å². The molecule has 6 aromatic rings. The summed E-state index contributed by atoms with van der Waals surface area (Å²) in [5.74, 6) is 0. The smallest absolute Gasteiger partial charge is 0.0540 e. The molecule has 176 valence electrons. The van der Waals surface area contributed by atoms with Crippen LogP contribution in [0.3, 0.4) is 0 Å². The third-order valence-corrected chi connectivity index (χ3v) is 6.67. The number of para-hydroxylation sites is 2. The second-order valence-corrected chi connectivity index (χ2v) is 9.02. The molecule has 37 heavy (non-hydrogen) atoms. The molecule has 0 unspecified atom stereocenters. The fourth-order valence-electron chi connectivity index (χ4n) is 4.92. The zero-order valence-corrected chi connectivity index (χ0v) is 20.5. The van der Waals surface area contributed by atoms with Crippen molar-refractivity contribution in [2.75, 3.05) is 4.90 Å². The fourth-order valence-corrected chi connectivity index (χ4v) is 4.92. The van der Waals surface area contributed by atoms with Crippen LogP contribution in [0, 0.1) is 0 Å². The van der Waals surface area contributed by atoms with Gasteiger partial charge in [-0.25, -0.2) is 0 Å². The lowest BCUT2D eigenvalue weighted by atomic mass is 9.98. The fraction of sp³-hybridized carbons (Fsp3) is 0. The van der Waals surface area contributed by atoms with Crippen molar-refractivity contribution < 1.29 is 0 Å². The molecule has 0 spiro atoms. The first-order valence-corrected chi connectivity index (χ1v) is 12.6. The zero-order valence-electron chi connectivity index (χ0n) is 20.5. The van der Waals surface area contributed by atoms with Crippen molar-refractivity contribution in [2.45, 2.75) is 0 Å². The molecule has 1 heteroatoms. The standard InChI is InChI=1S/C36H27N/c1-4-15-28(16-5-1)31-21-14-22-32(27-31)37(35-25-12-10-23-33(35)29-17-6-2-7-18-29)36-26-13-11-24-34(36)30-19-8-3-9-20-30/h1-27H. The van der Waals surface area contributed by atoms with Gasteiger partial charge < -0.3 is 4.90 Å². The van der Waals surface area contributed by atoms with Crippen LogP contribution in [0.2, 0.25) is 0 Å². The Morgan fingerprint density at radius 2 is 0.703 bits per heavy atom. The molecule has 0 amide bonds. The van der Waals surface area contributed by atoms with Gasteiger partial charge in [-0.05, 0) is 46.5 Å². The molecule has 1 nitrogen and oxygen atoms in total. The molecule has 0 fully saturated rings. The largest absolute Gasteiger partial charge is 0.309 e. The number of rotatable bonds is 6. The second-order valence-electron chi connectivity index (χ2n) is 9.02. The Morgan fingerprint density at radius 1 is 0.297 bits per heavy atom. The van der Waals surface area contributed by atoms with Gasteiger partial charge in [0.2, 0.25) is 0 Å². The van der Waals surface area contributed by atoms with Crippen molar-refractivity contribution in [3.05, 3.63) is 164 Å². The quantitative estimate of drug-likeness (QED) is 0.233. The highest BCUT2D eigenvalue weighted by atomic mass is 15.1. The van der Waals surface area contributed by atoms with Crippen LogP contribution in [0.1, 0.15) is 0 Å². The molecular weight excluding hydrogens is 446 g/mol. The molecule has 6 rings (SSSR count). The van der Waals surface area contributed by atoms with E-state index in [-0.39, 0.29) is 0 Å². The van der Waals surface area contributed by atoms with Crippen LogP contribution in [0.4, 0.5) is 17.1 Å². The molecule has 0 aliphatic carbocycles. The molecule has 0 bridgehead atoms. The summed E-state index contributed by atoms with van der Waals surface area (Å²) in [4.78, 5) is 2.40. The van der Waals surface area contributed by atoms with Gasteiger partial charge in [0.25, 0.3) is 0 Å². The van der Waals surface area contributed by atoms with Crippen molar-refractivity contribution in [1.29, 1.82) is 0 Å². The van der Waals surface area contributed by atoms with Crippen LogP contribution in [-0.4, -0.2) is 0 Å². The van der Waals surface area contributed by atoms with E-state index in [1.54, 1.807) is 0 Å². The Bertz CT molecular complexity index is 1520. The van der Waals surface area contributed by atoms with E-state index in [9.17, 15) is 0 Å². The van der Waals surface area contributed by atoms with E-state index in [2.05, 4.69) is 169 Å². The summed E-state index contributed by atoms with van der Waals surface area (Å²) in [6.45, 7) is 0. The molecule has 0 atom stereocenters. The SMILES string of the molecule is c1ccc(-c2cccc(N(c3ccccc3-c3ccccc3)c3ccccc3-c3ccccc3)c2)cc1. The highest BCUT2D eigenvalue weighted by Crippen LogP contribution is 2.45. The number of anilines is 3. The minimum Gasteiger partial charge on any atom is -0.309 e. The van der Waals surface area contributed by atoms with Crippen molar-refractivity contribution in [3.63, 3.8) is 0 Å². The number of hydrogen-bond acceptors (Lipinski definition) is 1. The number of hydrogen-bond donors (Lipinski definition) is 0. The van der Waals surface area contributed by atoms with E-state index >= 15 is 0 Å². The Morgan fingerprint density at radius 3 is 1.22 bits per heavy atom. The van der Waals surface area contributed by atoms with Crippen LogP contribution in [0.5, 0.6) is 0 Å². The first kappa shape index (κ1) is 22.6. The van der Waals surface area contributed by atoms with Crippen LogP contribution in [-0.2, 0) is 0 Å². The predicted molar refractivity (Wildman–Crippen MR) is 157 cm³/mol. The van der Waals surface area contributed by atoms with Crippen LogP contribution in [0.25, 0.3) is 33.4 Å². The highest BCUT2D eigenvalue weighted by Gasteiger charge is 2.20. The summed E-state index contributed by atoms with van der Waals surface area (Å²) in [5, 5.41) is 0. The molecule has 6 aromatic carbocycles. The van der Waals surface area contributed by atoms with Crippen LogP contribution >= 0.6 is 0 Å². The monoisotopic (exact) mass is 473 g/mol. The normalized spacial score (nSPS) is 10.7. The molecule has 0 heterocycles. The Balaban J connectivity index is 1.61. The first-order chi connectivity index (χ1) is 18.4. The van der Waals surface area contributed by atoms with Gasteiger partial charge in [0, 0.05) is 16.8 Å². The average Bonchev–Trinajstić information content (AvgIpc) is 2.99. The number of benzene rings is 6. The molecule has 0 aliphatic heterocycles. The minimum absolute atomic E-state index is 1.12. The van der Waals surface area contributed by atoms with Gasteiger partial charge in [0.1, 0.15) is 0 Å². The van der Waals surface area contributed by atoms with Crippen LogP contribution < -0.4 is 4.90 Å². The van der Waals surface area contributed by atoms with Crippen molar-refractivity contribution >= 4 is 17.1 Å². The van der Waals surface area contributed by atoms with Gasteiger partial charge in [0.15, 0.2) is 0 Å². The molecule has 0 aliphatic rings. The van der Waals surface area contributed by atoms with E-state index in [0.717, 1.165) is 17.1 Å². The van der Waals surface area contributed by atoms with Crippen molar-refractivity contribution in [1.82, 2.24) is 0 Å². The zero-order chi connectivity index (χ0) is 24.9. The summed E-state index contributed by atoms with van der Waals surface area (Å²) >= 11 is 0. The predicted octanol–water partition coefficient (Wildman–Crippen LogP) is 10.2. The van der Waals surface area contributed by atoms with Crippen molar-refractivity contribution in [2.24, 2.45) is 0 Å². The van der Waals surface area contributed by atoms with Gasteiger partial charge >= 0.3 is 0 Å². The summed E-state index contributed by atoms with van der Waals surface area (Å²) in [6.07, 6.45) is 0. The van der Waals surface area contributed by atoms with E-state index in [1.165, 1.54) is 33.4 Å². The minimum atomic E-state index is 1.12. The molecule has 0 radical (unpaired) electrons. The van der Waals surface area contributed by atoms with E-state index in [1.807, 2.05) is 0 Å². The highest BCUT2D eigenvalue weighted by molar-refractivity contribution is 5.94. The molecule has 0 N–H and O–H groups in total. The average molecular weight is 474 g/mol. The lowest BCUT2D eigenvalue weighted by Crippen LogP contribution is -2.12. The van der Waals surface area contributed by atoms with Gasteiger partial charge in [-0.15, -0.1) is 0 Å². The molecule has 0 aromatic heterocycles. The lowest BCUT2D eigenvalue weighted by Gasteiger charge is -2.30. The van der Waals surface area contributed by atoms with Gasteiger partial charge in [-0.1, -0.05) is 140 Å². The maximum atomic E-state index is 2.40. The Kier molecular flexibility index (Phi) is 6.34. The second kappa shape index (κ2) is 10.4. The third-order valence-electron chi connectivity index (χ3n) is 6.67. The van der Waals surface area contributed by atoms with Gasteiger partial charge in [0.05, 0.1) is 11.4 Å². The molecule has 0 saturated carbocycles.